The molecule has 1 fully saturated rings. The minimum Gasteiger partial charge on any atom is -0.479 e. The average molecular weight is 299 g/mol. The molecule has 1 saturated heterocycles. The number of carboxylic acid groups (broad SMARTS) is 1. The SMILES string of the molecule is O=C(O)[C@H](O)[C@H](O)[C@H](O)C[S+]1C[C@H](O)[C@@H](O)[C@@H]1CO. The number of hydrogen-bond donors (Lipinski definition) is 7. The Labute approximate surface area is 112 Å². The molecule has 0 amide bonds. The summed E-state index contributed by atoms with van der Waals surface area (Å²) in [6.45, 7) is -0.383. The monoisotopic (exact) mass is 299 g/mol. The summed E-state index contributed by atoms with van der Waals surface area (Å²) in [4.78, 5) is 10.5. The predicted octanol–water partition coefficient (Wildman–Crippen LogP) is -4.13. The molecule has 0 radical (unpaired) electrons. The number of aliphatic hydroxyl groups is 6. The van der Waals surface area contributed by atoms with E-state index in [1.807, 2.05) is 0 Å². The van der Waals surface area contributed by atoms with Crippen LogP contribution in [0.25, 0.3) is 0 Å². The second-order valence-electron chi connectivity index (χ2n) is 4.49. The number of aliphatic carboxylic acids is 1. The fourth-order valence-electron chi connectivity index (χ4n) is 1.97. The third kappa shape index (κ3) is 3.78. The van der Waals surface area contributed by atoms with E-state index < -0.39 is 52.6 Å². The number of carbonyl (C=O) groups is 1. The average Bonchev–Trinajstić information content (AvgIpc) is 2.62. The molecule has 112 valence electrons. The second-order valence-corrected chi connectivity index (χ2v) is 6.84. The maximum absolute atomic E-state index is 10.5. The van der Waals surface area contributed by atoms with Crippen LogP contribution >= 0.6 is 0 Å². The van der Waals surface area contributed by atoms with Crippen molar-refractivity contribution in [1.82, 2.24) is 0 Å². The van der Waals surface area contributed by atoms with Crippen molar-refractivity contribution in [2.24, 2.45) is 0 Å². The highest BCUT2D eigenvalue weighted by Crippen LogP contribution is 2.25. The molecule has 0 saturated carbocycles. The summed E-state index contributed by atoms with van der Waals surface area (Å²) in [5.74, 6) is -1.61. The molecule has 1 aliphatic heterocycles. The normalized spacial score (nSPS) is 35.9. The molecule has 1 aliphatic rings. The molecule has 8 nitrogen and oxygen atoms in total. The first-order chi connectivity index (χ1) is 8.79. The molecule has 19 heavy (non-hydrogen) atoms. The second kappa shape index (κ2) is 6.84. The Bertz CT molecular complexity index is 314. The Balaban J connectivity index is 2.61. The third-order valence-corrected chi connectivity index (χ3v) is 5.95. The van der Waals surface area contributed by atoms with Gasteiger partial charge in [-0.05, 0) is 0 Å². The van der Waals surface area contributed by atoms with Crippen LogP contribution in [0, 0.1) is 0 Å². The molecule has 7 N–H and O–H groups in total. The highest BCUT2D eigenvalue weighted by molar-refractivity contribution is 7.97. The van der Waals surface area contributed by atoms with E-state index in [2.05, 4.69) is 0 Å². The van der Waals surface area contributed by atoms with E-state index in [9.17, 15) is 25.2 Å². The Kier molecular flexibility index (Phi) is 5.99. The summed E-state index contributed by atoms with van der Waals surface area (Å²) in [6, 6.07) is 0. The molecule has 0 aromatic heterocycles. The number of carboxylic acids is 1. The van der Waals surface area contributed by atoms with E-state index >= 15 is 0 Å². The molecule has 0 bridgehead atoms. The minimum atomic E-state index is -2.11. The van der Waals surface area contributed by atoms with E-state index in [1.165, 1.54) is 0 Å². The molecule has 0 aromatic rings. The maximum atomic E-state index is 10.5. The van der Waals surface area contributed by atoms with Gasteiger partial charge in [-0.25, -0.2) is 4.79 Å². The van der Waals surface area contributed by atoms with Crippen LogP contribution in [0.3, 0.4) is 0 Å². The third-order valence-electron chi connectivity index (χ3n) is 3.12. The smallest absolute Gasteiger partial charge is 0.335 e. The van der Waals surface area contributed by atoms with E-state index in [0.717, 1.165) is 0 Å². The first kappa shape index (κ1) is 16.6. The van der Waals surface area contributed by atoms with Crippen molar-refractivity contribution in [2.75, 3.05) is 18.1 Å². The number of aliphatic hydroxyl groups excluding tert-OH is 6. The lowest BCUT2D eigenvalue weighted by Crippen LogP contribution is -2.46. The minimum absolute atomic E-state index is 0.106. The van der Waals surface area contributed by atoms with Crippen molar-refractivity contribution in [2.45, 2.75) is 35.8 Å². The maximum Gasteiger partial charge on any atom is 0.335 e. The largest absolute Gasteiger partial charge is 0.479 e. The van der Waals surface area contributed by atoms with E-state index in [1.54, 1.807) is 0 Å². The fraction of sp³-hybridized carbons (Fsp3) is 0.900. The van der Waals surface area contributed by atoms with E-state index in [0.29, 0.717) is 0 Å². The molecule has 0 aromatic carbocycles. The van der Waals surface area contributed by atoms with Crippen molar-refractivity contribution in [3.63, 3.8) is 0 Å². The molecular formula is C10H19O8S+. The zero-order chi connectivity index (χ0) is 14.7. The highest BCUT2D eigenvalue weighted by atomic mass is 32.2. The van der Waals surface area contributed by atoms with Gasteiger partial charge >= 0.3 is 5.97 Å². The lowest BCUT2D eigenvalue weighted by atomic mass is 10.1. The Morgan fingerprint density at radius 1 is 1.26 bits per heavy atom. The first-order valence-electron chi connectivity index (χ1n) is 5.69. The quantitative estimate of drug-likeness (QED) is 0.244. The van der Waals surface area contributed by atoms with Gasteiger partial charge in [0.15, 0.2) is 11.4 Å². The van der Waals surface area contributed by atoms with Crippen LogP contribution in [-0.2, 0) is 15.7 Å². The lowest BCUT2D eigenvalue weighted by molar-refractivity contribution is -0.157. The van der Waals surface area contributed by atoms with Crippen LogP contribution in [0.2, 0.25) is 0 Å². The summed E-state index contributed by atoms with van der Waals surface area (Å²) >= 11 is 0. The first-order valence-corrected chi connectivity index (χ1v) is 7.32. The van der Waals surface area contributed by atoms with Gasteiger partial charge in [-0.3, -0.25) is 0 Å². The number of rotatable bonds is 6. The van der Waals surface area contributed by atoms with Gasteiger partial charge in [-0.1, -0.05) is 0 Å². The van der Waals surface area contributed by atoms with Crippen molar-refractivity contribution in [1.29, 1.82) is 0 Å². The molecule has 9 heteroatoms. The summed E-state index contributed by atoms with van der Waals surface area (Å²) in [7, 11) is -0.770. The van der Waals surface area contributed by atoms with Crippen LogP contribution in [0.1, 0.15) is 0 Å². The van der Waals surface area contributed by atoms with Gasteiger partial charge in [0.25, 0.3) is 0 Å². The molecule has 0 spiro atoms. The van der Waals surface area contributed by atoms with E-state index in [4.69, 9.17) is 15.3 Å². The predicted molar refractivity (Wildman–Crippen MR) is 65.6 cm³/mol. The lowest BCUT2D eigenvalue weighted by Gasteiger charge is -2.20. The van der Waals surface area contributed by atoms with Gasteiger partial charge in [-0.2, -0.15) is 0 Å². The number of hydrogen-bond acceptors (Lipinski definition) is 7. The summed E-state index contributed by atoms with van der Waals surface area (Å²) in [5.41, 5.74) is 0. The van der Waals surface area contributed by atoms with Gasteiger partial charge in [0.05, 0.1) is 6.61 Å². The van der Waals surface area contributed by atoms with Gasteiger partial charge in [-0.15, -0.1) is 0 Å². The zero-order valence-electron chi connectivity index (χ0n) is 10.0. The molecule has 1 rings (SSSR count). The van der Waals surface area contributed by atoms with Crippen molar-refractivity contribution < 1.29 is 40.5 Å². The van der Waals surface area contributed by atoms with Crippen LogP contribution < -0.4 is 0 Å². The Hall–Kier alpha value is -0.420. The van der Waals surface area contributed by atoms with Crippen LogP contribution in [-0.4, -0.2) is 95.6 Å². The molecule has 1 unspecified atom stereocenters. The summed E-state index contributed by atoms with van der Waals surface area (Å²) in [5, 5.41) is 64.3. The zero-order valence-corrected chi connectivity index (χ0v) is 10.8. The molecule has 1 heterocycles. The van der Waals surface area contributed by atoms with Gasteiger partial charge < -0.3 is 35.7 Å². The fourth-order valence-corrected chi connectivity index (χ4v) is 4.65. The molecule has 7 atom stereocenters. The van der Waals surface area contributed by atoms with Crippen LogP contribution in [0.15, 0.2) is 0 Å². The topological polar surface area (TPSA) is 159 Å². The Morgan fingerprint density at radius 3 is 2.32 bits per heavy atom. The van der Waals surface area contributed by atoms with Crippen molar-refractivity contribution in [3.05, 3.63) is 0 Å². The summed E-state index contributed by atoms with van der Waals surface area (Å²) in [6.07, 6.45) is -7.61. The van der Waals surface area contributed by atoms with Gasteiger partial charge in [0.2, 0.25) is 0 Å². The standard InChI is InChI=1S/C10H18O8S/c11-1-6-7(14)4(12)2-19(6)3-5(13)8(15)9(16)10(17)18/h4-9,11-16H,1-3H2/p+1/t4-,5+,6-,7+,8+,9+,19?/m0/s1. The molecular weight excluding hydrogens is 280 g/mol. The van der Waals surface area contributed by atoms with E-state index in [-0.39, 0.29) is 18.1 Å². The van der Waals surface area contributed by atoms with Crippen molar-refractivity contribution in [3.8, 4) is 0 Å². The summed E-state index contributed by atoms with van der Waals surface area (Å²) < 4.78 is 0. The van der Waals surface area contributed by atoms with Crippen LogP contribution in [0.4, 0.5) is 0 Å². The molecule has 0 aliphatic carbocycles. The highest BCUT2D eigenvalue weighted by Gasteiger charge is 2.51. The van der Waals surface area contributed by atoms with Gasteiger partial charge in [0.1, 0.15) is 35.9 Å². The van der Waals surface area contributed by atoms with Crippen molar-refractivity contribution >= 4 is 16.9 Å². The van der Waals surface area contributed by atoms with Crippen LogP contribution in [0.5, 0.6) is 0 Å². The Morgan fingerprint density at radius 2 is 1.84 bits per heavy atom. The van der Waals surface area contributed by atoms with Gasteiger partial charge in [0, 0.05) is 10.9 Å².